The normalized spacial score (nSPS) is 12.0. The van der Waals surface area contributed by atoms with Crippen LogP contribution in [0.1, 0.15) is 24.1 Å². The second kappa shape index (κ2) is 6.64. The Labute approximate surface area is 127 Å². The molecule has 0 aromatic heterocycles. The van der Waals surface area contributed by atoms with Crippen LogP contribution in [-0.2, 0) is 11.2 Å². The minimum atomic E-state index is -0.959. The van der Waals surface area contributed by atoms with Gasteiger partial charge in [0.1, 0.15) is 5.82 Å². The molecule has 1 unspecified atom stereocenters. The molecule has 1 atom stereocenters. The van der Waals surface area contributed by atoms with Crippen LogP contribution in [0.4, 0.5) is 13.2 Å². The van der Waals surface area contributed by atoms with Gasteiger partial charge in [-0.25, -0.2) is 13.2 Å². The van der Waals surface area contributed by atoms with E-state index in [1.54, 1.807) is 32.2 Å². The van der Waals surface area contributed by atoms with Crippen LogP contribution in [0.2, 0.25) is 0 Å². The average molecular weight is 307 g/mol. The van der Waals surface area contributed by atoms with Gasteiger partial charge in [-0.05, 0) is 36.2 Å². The van der Waals surface area contributed by atoms with E-state index in [4.69, 9.17) is 0 Å². The van der Waals surface area contributed by atoms with E-state index in [2.05, 4.69) is 0 Å². The van der Waals surface area contributed by atoms with Gasteiger partial charge in [0.25, 0.3) is 0 Å². The Hall–Kier alpha value is -2.30. The van der Waals surface area contributed by atoms with Gasteiger partial charge in [-0.2, -0.15) is 0 Å². The molecule has 0 spiro atoms. The van der Waals surface area contributed by atoms with Crippen molar-refractivity contribution in [3.05, 3.63) is 71.0 Å². The molecule has 22 heavy (non-hydrogen) atoms. The first-order chi connectivity index (χ1) is 10.4. The van der Waals surface area contributed by atoms with E-state index in [0.29, 0.717) is 11.1 Å². The van der Waals surface area contributed by atoms with Crippen molar-refractivity contribution in [2.75, 3.05) is 7.05 Å². The highest BCUT2D eigenvalue weighted by molar-refractivity contribution is 5.79. The topological polar surface area (TPSA) is 20.3 Å². The highest BCUT2D eigenvalue weighted by Gasteiger charge is 2.19. The molecule has 0 radical (unpaired) electrons. The highest BCUT2D eigenvalue weighted by Crippen LogP contribution is 2.22. The Morgan fingerprint density at radius 3 is 2.36 bits per heavy atom. The summed E-state index contributed by atoms with van der Waals surface area (Å²) in [6.45, 7) is 1.70. The lowest BCUT2D eigenvalue weighted by molar-refractivity contribution is -0.131. The SMILES string of the molecule is CC(c1ccc(F)c(F)c1)N(C)C(=O)Cc1ccccc1F. The molecule has 0 N–H and O–H groups in total. The molecule has 2 rings (SSSR count). The lowest BCUT2D eigenvalue weighted by atomic mass is 10.1. The molecule has 116 valence electrons. The van der Waals surface area contributed by atoms with Crippen LogP contribution < -0.4 is 0 Å². The second-order valence-corrected chi connectivity index (χ2v) is 5.12. The van der Waals surface area contributed by atoms with E-state index in [-0.39, 0.29) is 12.3 Å². The van der Waals surface area contributed by atoms with Crippen LogP contribution in [0.25, 0.3) is 0 Å². The molecule has 2 aromatic rings. The van der Waals surface area contributed by atoms with Crippen LogP contribution in [0.15, 0.2) is 42.5 Å². The van der Waals surface area contributed by atoms with Crippen molar-refractivity contribution in [2.45, 2.75) is 19.4 Å². The van der Waals surface area contributed by atoms with Gasteiger partial charge in [0.05, 0.1) is 12.5 Å². The molecule has 2 aromatic carbocycles. The van der Waals surface area contributed by atoms with Crippen LogP contribution >= 0.6 is 0 Å². The summed E-state index contributed by atoms with van der Waals surface area (Å²) < 4.78 is 39.8. The Kier molecular flexibility index (Phi) is 4.85. The minimum Gasteiger partial charge on any atom is -0.339 e. The molecule has 0 heterocycles. The summed E-state index contributed by atoms with van der Waals surface area (Å²) in [6.07, 6.45) is -0.0861. The fourth-order valence-electron chi connectivity index (χ4n) is 2.14. The van der Waals surface area contributed by atoms with Gasteiger partial charge in [-0.1, -0.05) is 24.3 Å². The minimum absolute atomic E-state index is 0.0861. The zero-order valence-corrected chi connectivity index (χ0v) is 12.3. The van der Waals surface area contributed by atoms with Crippen LogP contribution in [0, 0.1) is 17.5 Å². The van der Waals surface area contributed by atoms with Gasteiger partial charge in [0.2, 0.25) is 5.91 Å². The van der Waals surface area contributed by atoms with Gasteiger partial charge in [-0.15, -0.1) is 0 Å². The van der Waals surface area contributed by atoms with Crippen molar-refractivity contribution in [3.63, 3.8) is 0 Å². The van der Waals surface area contributed by atoms with Gasteiger partial charge in [-0.3, -0.25) is 4.79 Å². The number of nitrogens with zero attached hydrogens (tertiary/aromatic N) is 1. The largest absolute Gasteiger partial charge is 0.339 e. The van der Waals surface area contributed by atoms with Gasteiger partial charge in [0, 0.05) is 7.05 Å². The van der Waals surface area contributed by atoms with Crippen molar-refractivity contribution in [2.24, 2.45) is 0 Å². The third-order valence-electron chi connectivity index (χ3n) is 3.70. The number of rotatable bonds is 4. The fourth-order valence-corrected chi connectivity index (χ4v) is 2.14. The van der Waals surface area contributed by atoms with Crippen LogP contribution in [-0.4, -0.2) is 17.9 Å². The van der Waals surface area contributed by atoms with E-state index in [1.165, 1.54) is 17.0 Å². The molecule has 5 heteroatoms. The van der Waals surface area contributed by atoms with Crippen molar-refractivity contribution in [1.82, 2.24) is 4.90 Å². The number of carbonyl (C=O) groups is 1. The van der Waals surface area contributed by atoms with Gasteiger partial charge < -0.3 is 4.90 Å². The summed E-state index contributed by atoms with van der Waals surface area (Å²) in [5.74, 6) is -2.64. The number of hydrogen-bond acceptors (Lipinski definition) is 1. The maximum absolute atomic E-state index is 13.6. The molecule has 0 saturated carbocycles. The quantitative estimate of drug-likeness (QED) is 0.840. The van der Waals surface area contributed by atoms with E-state index in [0.717, 1.165) is 12.1 Å². The van der Waals surface area contributed by atoms with E-state index in [1.807, 2.05) is 0 Å². The molecule has 0 bridgehead atoms. The molecule has 0 aliphatic heterocycles. The molecular weight excluding hydrogens is 291 g/mol. The predicted molar refractivity (Wildman–Crippen MR) is 77.6 cm³/mol. The predicted octanol–water partition coefficient (Wildman–Crippen LogP) is 3.87. The number of benzene rings is 2. The van der Waals surface area contributed by atoms with Crippen molar-refractivity contribution in [1.29, 1.82) is 0 Å². The van der Waals surface area contributed by atoms with E-state index >= 15 is 0 Å². The average Bonchev–Trinajstić information content (AvgIpc) is 2.50. The summed E-state index contributed by atoms with van der Waals surface area (Å²) in [6, 6.07) is 9.11. The standard InChI is InChI=1S/C17H16F3NO/c1-11(12-7-8-15(19)16(20)9-12)21(2)17(22)10-13-5-3-4-6-14(13)18/h3-9,11H,10H2,1-2H3. The van der Waals surface area contributed by atoms with Gasteiger partial charge >= 0.3 is 0 Å². The Morgan fingerprint density at radius 1 is 1.05 bits per heavy atom. The summed E-state index contributed by atoms with van der Waals surface area (Å²) >= 11 is 0. The molecule has 0 saturated heterocycles. The number of amides is 1. The van der Waals surface area contributed by atoms with E-state index in [9.17, 15) is 18.0 Å². The monoisotopic (exact) mass is 307 g/mol. The summed E-state index contributed by atoms with van der Waals surface area (Å²) in [7, 11) is 1.55. The van der Waals surface area contributed by atoms with E-state index < -0.39 is 23.5 Å². The first-order valence-electron chi connectivity index (χ1n) is 6.84. The third-order valence-corrected chi connectivity index (χ3v) is 3.70. The Morgan fingerprint density at radius 2 is 1.73 bits per heavy atom. The number of carbonyl (C=O) groups excluding carboxylic acids is 1. The second-order valence-electron chi connectivity index (χ2n) is 5.12. The first-order valence-corrected chi connectivity index (χ1v) is 6.84. The molecule has 0 fully saturated rings. The molecule has 1 amide bonds. The summed E-state index contributed by atoms with van der Waals surface area (Å²) in [5.41, 5.74) is 0.778. The molecule has 2 nitrogen and oxygen atoms in total. The van der Waals surface area contributed by atoms with Gasteiger partial charge in [0.15, 0.2) is 11.6 Å². The lowest BCUT2D eigenvalue weighted by Gasteiger charge is -2.25. The maximum atomic E-state index is 13.6. The first kappa shape index (κ1) is 16.1. The van der Waals surface area contributed by atoms with Crippen molar-refractivity contribution >= 4 is 5.91 Å². The fraction of sp³-hybridized carbons (Fsp3) is 0.235. The highest BCUT2D eigenvalue weighted by atomic mass is 19.2. The zero-order valence-electron chi connectivity index (χ0n) is 12.3. The third kappa shape index (κ3) is 3.47. The van der Waals surface area contributed by atoms with Crippen LogP contribution in [0.3, 0.4) is 0 Å². The smallest absolute Gasteiger partial charge is 0.227 e. The Balaban J connectivity index is 2.12. The Bertz CT molecular complexity index is 687. The van der Waals surface area contributed by atoms with Crippen molar-refractivity contribution < 1.29 is 18.0 Å². The molecular formula is C17H16F3NO. The van der Waals surface area contributed by atoms with Crippen LogP contribution in [0.5, 0.6) is 0 Å². The van der Waals surface area contributed by atoms with Crippen molar-refractivity contribution in [3.8, 4) is 0 Å². The molecule has 0 aliphatic carbocycles. The summed E-state index contributed by atoms with van der Waals surface area (Å²) in [5, 5.41) is 0. The number of likely N-dealkylation sites (N-methyl/N-ethyl adjacent to an activating group) is 1. The zero-order chi connectivity index (χ0) is 16.3. The number of halogens is 3. The summed E-state index contributed by atoms with van der Waals surface area (Å²) in [4.78, 5) is 13.6. The lowest BCUT2D eigenvalue weighted by Crippen LogP contribution is -2.31. The maximum Gasteiger partial charge on any atom is 0.227 e. The number of hydrogen-bond donors (Lipinski definition) is 0. The molecule has 0 aliphatic rings.